The summed E-state index contributed by atoms with van der Waals surface area (Å²) < 4.78 is 6.82. The fourth-order valence-corrected chi connectivity index (χ4v) is 1.85. The first kappa shape index (κ1) is 13.5. The van der Waals surface area contributed by atoms with Gasteiger partial charge in [-0.3, -0.25) is 0 Å². The zero-order valence-electron chi connectivity index (χ0n) is 11.6. The fraction of sp³-hybridized carbons (Fsp3) is 0.462. The molecule has 6 heteroatoms. The van der Waals surface area contributed by atoms with Gasteiger partial charge in [0.15, 0.2) is 5.82 Å². The zero-order valence-corrected chi connectivity index (χ0v) is 11.6. The normalized spacial score (nSPS) is 10.7. The van der Waals surface area contributed by atoms with Crippen LogP contribution in [0.3, 0.4) is 0 Å². The maximum atomic E-state index is 5.00. The average Bonchev–Trinajstić information content (AvgIpc) is 2.74. The highest BCUT2D eigenvalue weighted by Gasteiger charge is 2.06. The standard InChI is InChI=1S/C13H19N5O/c1-10-7-11(2)18(17-10)13-8-12(15-9-16-13)14-5-4-6-19-3/h7-9H,4-6H2,1-3H3,(H,14,15,16). The Bertz CT molecular complexity index is 538. The van der Waals surface area contributed by atoms with E-state index in [4.69, 9.17) is 4.74 Å². The smallest absolute Gasteiger partial charge is 0.159 e. The summed E-state index contributed by atoms with van der Waals surface area (Å²) in [6.07, 6.45) is 2.49. The number of rotatable bonds is 6. The Kier molecular flexibility index (Phi) is 4.46. The SMILES string of the molecule is COCCCNc1cc(-n2nc(C)cc2C)ncn1. The van der Waals surface area contributed by atoms with E-state index in [-0.39, 0.29) is 0 Å². The number of anilines is 1. The van der Waals surface area contributed by atoms with Crippen molar-refractivity contribution in [3.8, 4) is 5.82 Å². The van der Waals surface area contributed by atoms with E-state index < -0.39 is 0 Å². The quantitative estimate of drug-likeness (QED) is 0.802. The van der Waals surface area contributed by atoms with Crippen molar-refractivity contribution in [2.75, 3.05) is 25.6 Å². The van der Waals surface area contributed by atoms with Gasteiger partial charge in [0.25, 0.3) is 0 Å². The monoisotopic (exact) mass is 261 g/mol. The molecule has 0 unspecified atom stereocenters. The van der Waals surface area contributed by atoms with E-state index >= 15 is 0 Å². The van der Waals surface area contributed by atoms with Crippen LogP contribution in [-0.2, 0) is 4.74 Å². The van der Waals surface area contributed by atoms with Crippen LogP contribution >= 0.6 is 0 Å². The van der Waals surface area contributed by atoms with E-state index in [1.807, 2.05) is 30.7 Å². The number of nitrogens with one attached hydrogen (secondary N) is 1. The summed E-state index contributed by atoms with van der Waals surface area (Å²) in [7, 11) is 1.70. The number of methoxy groups -OCH3 is 1. The lowest BCUT2D eigenvalue weighted by Crippen LogP contribution is -2.08. The van der Waals surface area contributed by atoms with E-state index in [2.05, 4.69) is 20.4 Å². The first-order valence-corrected chi connectivity index (χ1v) is 6.29. The molecule has 0 aliphatic carbocycles. The van der Waals surface area contributed by atoms with Crippen LogP contribution in [0.2, 0.25) is 0 Å². The van der Waals surface area contributed by atoms with Crippen molar-refractivity contribution in [1.82, 2.24) is 19.7 Å². The Morgan fingerprint density at radius 3 is 2.79 bits per heavy atom. The first-order valence-electron chi connectivity index (χ1n) is 6.29. The molecule has 0 fully saturated rings. The summed E-state index contributed by atoms with van der Waals surface area (Å²) in [5, 5.41) is 7.65. The Morgan fingerprint density at radius 2 is 2.11 bits per heavy atom. The van der Waals surface area contributed by atoms with Gasteiger partial charge < -0.3 is 10.1 Å². The van der Waals surface area contributed by atoms with Crippen molar-refractivity contribution in [3.05, 3.63) is 29.8 Å². The number of hydrogen-bond donors (Lipinski definition) is 1. The van der Waals surface area contributed by atoms with Crippen LogP contribution in [0.1, 0.15) is 17.8 Å². The van der Waals surface area contributed by atoms with Crippen LogP contribution in [0.15, 0.2) is 18.5 Å². The van der Waals surface area contributed by atoms with Crippen LogP contribution < -0.4 is 5.32 Å². The van der Waals surface area contributed by atoms with Gasteiger partial charge in [0.1, 0.15) is 12.1 Å². The lowest BCUT2D eigenvalue weighted by Gasteiger charge is -2.07. The minimum atomic E-state index is 0.738. The van der Waals surface area contributed by atoms with E-state index in [1.54, 1.807) is 13.4 Å². The van der Waals surface area contributed by atoms with Crippen LogP contribution in [0, 0.1) is 13.8 Å². The molecule has 6 nitrogen and oxygen atoms in total. The molecule has 0 bridgehead atoms. The highest BCUT2D eigenvalue weighted by atomic mass is 16.5. The van der Waals surface area contributed by atoms with Gasteiger partial charge in [-0.2, -0.15) is 5.10 Å². The number of aryl methyl sites for hydroxylation is 2. The van der Waals surface area contributed by atoms with Gasteiger partial charge in [-0.05, 0) is 26.3 Å². The highest BCUT2D eigenvalue weighted by Crippen LogP contribution is 2.12. The molecule has 0 saturated heterocycles. The number of hydrogen-bond acceptors (Lipinski definition) is 5. The molecule has 0 saturated carbocycles. The van der Waals surface area contributed by atoms with Crippen molar-refractivity contribution >= 4 is 5.82 Å². The summed E-state index contributed by atoms with van der Waals surface area (Å²) in [6, 6.07) is 3.92. The molecule has 102 valence electrons. The third-order valence-electron chi connectivity index (χ3n) is 2.71. The molecule has 19 heavy (non-hydrogen) atoms. The van der Waals surface area contributed by atoms with Crippen molar-refractivity contribution in [2.45, 2.75) is 20.3 Å². The van der Waals surface area contributed by atoms with E-state index in [9.17, 15) is 0 Å². The van der Waals surface area contributed by atoms with Crippen LogP contribution in [-0.4, -0.2) is 40.0 Å². The molecule has 2 rings (SSSR count). The zero-order chi connectivity index (χ0) is 13.7. The topological polar surface area (TPSA) is 64.9 Å². The summed E-state index contributed by atoms with van der Waals surface area (Å²) >= 11 is 0. The fourth-order valence-electron chi connectivity index (χ4n) is 1.85. The molecule has 2 aromatic heterocycles. The molecule has 0 amide bonds. The van der Waals surface area contributed by atoms with Crippen molar-refractivity contribution in [2.24, 2.45) is 0 Å². The molecule has 1 N–H and O–H groups in total. The van der Waals surface area contributed by atoms with Crippen LogP contribution in [0.4, 0.5) is 5.82 Å². The third kappa shape index (κ3) is 3.51. The van der Waals surface area contributed by atoms with Gasteiger partial charge in [-0.15, -0.1) is 0 Å². The van der Waals surface area contributed by atoms with Crippen molar-refractivity contribution in [3.63, 3.8) is 0 Å². The van der Waals surface area contributed by atoms with Gasteiger partial charge in [0.05, 0.1) is 5.69 Å². The minimum Gasteiger partial charge on any atom is -0.385 e. The Labute approximate surface area is 112 Å². The Morgan fingerprint density at radius 1 is 1.26 bits per heavy atom. The molecule has 0 aliphatic heterocycles. The second kappa shape index (κ2) is 6.29. The number of ether oxygens (including phenoxy) is 1. The van der Waals surface area contributed by atoms with Crippen molar-refractivity contribution < 1.29 is 4.74 Å². The molecule has 0 spiro atoms. The van der Waals surface area contributed by atoms with Gasteiger partial charge in [-0.25, -0.2) is 14.6 Å². The summed E-state index contributed by atoms with van der Waals surface area (Å²) in [4.78, 5) is 8.45. The minimum absolute atomic E-state index is 0.738. The molecule has 0 aliphatic rings. The summed E-state index contributed by atoms with van der Waals surface area (Å²) in [6.45, 7) is 5.53. The van der Waals surface area contributed by atoms with Gasteiger partial charge >= 0.3 is 0 Å². The van der Waals surface area contributed by atoms with Crippen LogP contribution in [0.25, 0.3) is 5.82 Å². The average molecular weight is 261 g/mol. The largest absolute Gasteiger partial charge is 0.385 e. The van der Waals surface area contributed by atoms with Crippen molar-refractivity contribution in [1.29, 1.82) is 0 Å². The molecule has 2 heterocycles. The Hall–Kier alpha value is -1.95. The molecule has 0 atom stereocenters. The molecule has 2 aromatic rings. The van der Waals surface area contributed by atoms with Gasteiger partial charge in [-0.1, -0.05) is 0 Å². The Balaban J connectivity index is 2.09. The number of aromatic nitrogens is 4. The number of nitrogens with zero attached hydrogens (tertiary/aromatic N) is 4. The summed E-state index contributed by atoms with van der Waals surface area (Å²) in [5.74, 6) is 1.57. The van der Waals surface area contributed by atoms with Gasteiger partial charge in [0, 0.05) is 32.0 Å². The van der Waals surface area contributed by atoms with E-state index in [0.29, 0.717) is 0 Å². The van der Waals surface area contributed by atoms with E-state index in [0.717, 1.165) is 42.6 Å². The highest BCUT2D eigenvalue weighted by molar-refractivity contribution is 5.40. The predicted molar refractivity (Wildman–Crippen MR) is 73.6 cm³/mol. The second-order valence-corrected chi connectivity index (χ2v) is 4.37. The first-order chi connectivity index (χ1) is 9.20. The molecule has 0 aromatic carbocycles. The van der Waals surface area contributed by atoms with Crippen LogP contribution in [0.5, 0.6) is 0 Å². The second-order valence-electron chi connectivity index (χ2n) is 4.37. The third-order valence-corrected chi connectivity index (χ3v) is 2.71. The lowest BCUT2D eigenvalue weighted by molar-refractivity contribution is 0.198. The van der Waals surface area contributed by atoms with Gasteiger partial charge in [0.2, 0.25) is 0 Å². The predicted octanol–water partition coefficient (Wildman–Crippen LogP) is 1.73. The summed E-state index contributed by atoms with van der Waals surface area (Å²) in [5.41, 5.74) is 2.03. The molecule has 0 radical (unpaired) electrons. The molecular formula is C13H19N5O. The maximum absolute atomic E-state index is 5.00. The van der Waals surface area contributed by atoms with E-state index in [1.165, 1.54) is 0 Å². The maximum Gasteiger partial charge on any atom is 0.159 e. The molecular weight excluding hydrogens is 242 g/mol. The lowest BCUT2D eigenvalue weighted by atomic mass is 10.4.